The van der Waals surface area contributed by atoms with Crippen molar-refractivity contribution in [2.24, 2.45) is 0 Å². The van der Waals surface area contributed by atoms with E-state index >= 15 is 0 Å². The fraction of sp³-hybridized carbons (Fsp3) is 0.500. The Kier molecular flexibility index (Phi) is 5.20. The summed E-state index contributed by atoms with van der Waals surface area (Å²) in [5.74, 6) is -0.00728. The Morgan fingerprint density at radius 3 is 2.94 bits per heavy atom. The predicted molar refractivity (Wildman–Crippen MR) is 75.4 cm³/mol. The lowest BCUT2D eigenvalue weighted by molar-refractivity contribution is 0.0924. The number of halogens is 1. The molecule has 0 aliphatic heterocycles. The van der Waals surface area contributed by atoms with Gasteiger partial charge >= 0.3 is 0 Å². The maximum absolute atomic E-state index is 11.9. The van der Waals surface area contributed by atoms with Gasteiger partial charge in [0.05, 0.1) is 13.2 Å². The molecule has 0 fully saturated rings. The van der Waals surface area contributed by atoms with Crippen LogP contribution in [0, 0.1) is 0 Å². The molecule has 0 radical (unpaired) electrons. The van der Waals surface area contributed by atoms with Gasteiger partial charge < -0.3 is 10.1 Å². The summed E-state index contributed by atoms with van der Waals surface area (Å²) in [6, 6.07) is 6.02. The number of amides is 1. The van der Waals surface area contributed by atoms with E-state index in [4.69, 9.17) is 4.74 Å². The van der Waals surface area contributed by atoms with Crippen LogP contribution < -0.4 is 5.32 Å². The molecule has 0 heterocycles. The third-order valence-electron chi connectivity index (χ3n) is 3.11. The maximum Gasteiger partial charge on any atom is 0.251 e. The van der Waals surface area contributed by atoms with E-state index < -0.39 is 0 Å². The number of hydrogen-bond acceptors (Lipinski definition) is 2. The first-order valence-electron chi connectivity index (χ1n) is 6.35. The van der Waals surface area contributed by atoms with Crippen molar-refractivity contribution in [2.45, 2.75) is 19.3 Å². The molecule has 1 aliphatic rings. The fourth-order valence-electron chi connectivity index (χ4n) is 2.21. The van der Waals surface area contributed by atoms with Crippen molar-refractivity contribution in [1.29, 1.82) is 0 Å². The number of ether oxygens (including phenoxy) is 1. The molecule has 2 rings (SSSR count). The van der Waals surface area contributed by atoms with Crippen LogP contribution >= 0.6 is 15.9 Å². The molecule has 1 amide bonds. The average Bonchev–Trinajstić information content (AvgIpc) is 2.85. The predicted octanol–water partition coefficient (Wildman–Crippen LogP) is 2.32. The summed E-state index contributed by atoms with van der Waals surface area (Å²) in [6.45, 7) is 1.79. The zero-order valence-corrected chi connectivity index (χ0v) is 12.0. The Balaban J connectivity index is 1.82. The lowest BCUT2D eigenvalue weighted by atomic mass is 10.1. The van der Waals surface area contributed by atoms with Crippen LogP contribution in [0.3, 0.4) is 0 Å². The Morgan fingerprint density at radius 1 is 1.28 bits per heavy atom. The van der Waals surface area contributed by atoms with Crippen molar-refractivity contribution in [3.05, 3.63) is 34.9 Å². The molecular weight excluding hydrogens is 294 g/mol. The Labute approximate surface area is 116 Å². The summed E-state index contributed by atoms with van der Waals surface area (Å²) in [7, 11) is 0. The van der Waals surface area contributed by atoms with Gasteiger partial charge in [-0.2, -0.15) is 0 Å². The third-order valence-corrected chi connectivity index (χ3v) is 3.44. The summed E-state index contributed by atoms with van der Waals surface area (Å²) in [5, 5.41) is 3.69. The molecular formula is C14H18BrNO2. The van der Waals surface area contributed by atoms with Crippen molar-refractivity contribution >= 4 is 21.8 Å². The van der Waals surface area contributed by atoms with Crippen LogP contribution in [0.5, 0.6) is 0 Å². The van der Waals surface area contributed by atoms with E-state index in [0.717, 1.165) is 23.7 Å². The van der Waals surface area contributed by atoms with E-state index in [2.05, 4.69) is 27.3 Å². The Hall–Kier alpha value is -0.870. The van der Waals surface area contributed by atoms with Gasteiger partial charge in [0.2, 0.25) is 0 Å². The second-order valence-electron chi connectivity index (χ2n) is 4.39. The van der Waals surface area contributed by atoms with Gasteiger partial charge in [-0.05, 0) is 42.5 Å². The largest absolute Gasteiger partial charge is 0.379 e. The number of hydrogen-bond donors (Lipinski definition) is 1. The van der Waals surface area contributed by atoms with E-state index in [0.29, 0.717) is 19.8 Å². The minimum atomic E-state index is -0.00728. The highest BCUT2D eigenvalue weighted by Crippen LogP contribution is 2.22. The van der Waals surface area contributed by atoms with E-state index in [1.807, 2.05) is 12.1 Å². The minimum Gasteiger partial charge on any atom is -0.379 e. The molecule has 1 aromatic carbocycles. The molecule has 0 unspecified atom stereocenters. The summed E-state index contributed by atoms with van der Waals surface area (Å²) < 4.78 is 5.28. The van der Waals surface area contributed by atoms with Crippen molar-refractivity contribution in [1.82, 2.24) is 5.32 Å². The molecule has 98 valence electrons. The highest BCUT2D eigenvalue weighted by molar-refractivity contribution is 9.09. The first-order valence-corrected chi connectivity index (χ1v) is 7.47. The quantitative estimate of drug-likeness (QED) is 0.647. The molecule has 0 atom stereocenters. The van der Waals surface area contributed by atoms with E-state index in [1.54, 1.807) is 0 Å². The number of aryl methyl sites for hydroxylation is 2. The van der Waals surface area contributed by atoms with Gasteiger partial charge in [0.15, 0.2) is 0 Å². The first kappa shape index (κ1) is 13.6. The van der Waals surface area contributed by atoms with Gasteiger partial charge in [-0.25, -0.2) is 0 Å². The number of benzene rings is 1. The molecule has 0 bridgehead atoms. The van der Waals surface area contributed by atoms with Crippen molar-refractivity contribution in [3.63, 3.8) is 0 Å². The number of carbonyl (C=O) groups excluding carboxylic acids is 1. The molecule has 1 N–H and O–H groups in total. The number of carbonyl (C=O) groups is 1. The lowest BCUT2D eigenvalue weighted by Crippen LogP contribution is -2.27. The number of rotatable bonds is 6. The zero-order chi connectivity index (χ0) is 12.8. The molecule has 4 heteroatoms. The van der Waals surface area contributed by atoms with Crippen LogP contribution in [0.1, 0.15) is 27.9 Å². The molecule has 1 aromatic rings. The summed E-state index contributed by atoms with van der Waals surface area (Å²) in [4.78, 5) is 11.9. The fourth-order valence-corrected chi connectivity index (χ4v) is 2.44. The topological polar surface area (TPSA) is 38.3 Å². The van der Waals surface area contributed by atoms with Crippen LogP contribution in [0.25, 0.3) is 0 Å². The Bertz CT molecular complexity index is 420. The Morgan fingerprint density at radius 2 is 2.11 bits per heavy atom. The van der Waals surface area contributed by atoms with Crippen LogP contribution in [-0.4, -0.2) is 31.0 Å². The highest BCUT2D eigenvalue weighted by Gasteiger charge is 2.13. The van der Waals surface area contributed by atoms with Gasteiger partial charge in [0.1, 0.15) is 0 Å². The van der Waals surface area contributed by atoms with Crippen molar-refractivity contribution in [3.8, 4) is 0 Å². The van der Waals surface area contributed by atoms with Crippen LogP contribution in [0.15, 0.2) is 18.2 Å². The van der Waals surface area contributed by atoms with Crippen molar-refractivity contribution < 1.29 is 9.53 Å². The molecule has 0 aromatic heterocycles. The number of nitrogens with one attached hydrogen (secondary N) is 1. The molecule has 0 saturated heterocycles. The zero-order valence-electron chi connectivity index (χ0n) is 10.4. The van der Waals surface area contributed by atoms with Crippen LogP contribution in [-0.2, 0) is 17.6 Å². The summed E-state index contributed by atoms with van der Waals surface area (Å²) >= 11 is 3.28. The molecule has 0 saturated carbocycles. The van der Waals surface area contributed by atoms with Gasteiger partial charge in [-0.15, -0.1) is 0 Å². The van der Waals surface area contributed by atoms with Gasteiger partial charge in [0, 0.05) is 17.4 Å². The van der Waals surface area contributed by atoms with Crippen LogP contribution in [0.4, 0.5) is 0 Å². The SMILES string of the molecule is O=C(NCCOCCBr)c1ccc2c(c1)CCC2. The molecule has 3 nitrogen and oxygen atoms in total. The second-order valence-corrected chi connectivity index (χ2v) is 5.19. The standard InChI is InChI=1S/C14H18BrNO2/c15-6-8-18-9-7-16-14(17)13-5-4-11-2-1-3-12(11)10-13/h4-5,10H,1-3,6-9H2,(H,16,17). The third kappa shape index (κ3) is 3.56. The smallest absolute Gasteiger partial charge is 0.251 e. The van der Waals surface area contributed by atoms with Crippen LogP contribution in [0.2, 0.25) is 0 Å². The minimum absolute atomic E-state index is 0.00728. The normalized spacial score (nSPS) is 13.4. The maximum atomic E-state index is 11.9. The monoisotopic (exact) mass is 311 g/mol. The lowest BCUT2D eigenvalue weighted by Gasteiger charge is -2.07. The van der Waals surface area contributed by atoms with E-state index in [1.165, 1.54) is 17.5 Å². The summed E-state index contributed by atoms with van der Waals surface area (Å²) in [5.41, 5.74) is 3.49. The molecule has 1 aliphatic carbocycles. The molecule has 0 spiro atoms. The van der Waals surface area contributed by atoms with Gasteiger partial charge in [0.25, 0.3) is 5.91 Å². The number of fused-ring (bicyclic) bond motifs is 1. The highest BCUT2D eigenvalue weighted by atomic mass is 79.9. The first-order chi connectivity index (χ1) is 8.81. The van der Waals surface area contributed by atoms with Gasteiger partial charge in [-0.1, -0.05) is 22.0 Å². The van der Waals surface area contributed by atoms with E-state index in [-0.39, 0.29) is 5.91 Å². The summed E-state index contributed by atoms with van der Waals surface area (Å²) in [6.07, 6.45) is 3.46. The van der Waals surface area contributed by atoms with E-state index in [9.17, 15) is 4.79 Å². The average molecular weight is 312 g/mol. The van der Waals surface area contributed by atoms with Gasteiger partial charge in [-0.3, -0.25) is 4.79 Å². The molecule has 18 heavy (non-hydrogen) atoms. The number of alkyl halides is 1. The second kappa shape index (κ2) is 6.90. The van der Waals surface area contributed by atoms with Crippen molar-refractivity contribution in [2.75, 3.05) is 25.1 Å².